The molecule has 2 N–H and O–H groups in total. The van der Waals surface area contributed by atoms with Crippen LogP contribution in [0.1, 0.15) is 32.1 Å². The number of hydrogen-bond donors (Lipinski definition) is 2. The maximum absolute atomic E-state index is 9.98. The quantitative estimate of drug-likeness (QED) is 0.381. The lowest BCUT2D eigenvalue weighted by Crippen LogP contribution is -2.31. The van der Waals surface area contributed by atoms with Gasteiger partial charge >= 0.3 is 0 Å². The van der Waals surface area contributed by atoms with E-state index in [4.69, 9.17) is 28.9 Å². The molecular formula is C27H31N7O5. The van der Waals surface area contributed by atoms with Crippen LogP contribution in [0.15, 0.2) is 43.0 Å². The second-order valence-corrected chi connectivity index (χ2v) is 10.8. The highest BCUT2D eigenvalue weighted by atomic mass is 16.8. The average Bonchev–Trinajstić information content (AvgIpc) is 3.73. The van der Waals surface area contributed by atoms with Crippen LogP contribution in [0, 0.1) is 6.92 Å². The summed E-state index contributed by atoms with van der Waals surface area (Å²) in [5.74, 6) is 0.188. The molecule has 0 aliphatic carbocycles. The van der Waals surface area contributed by atoms with Gasteiger partial charge in [-0.3, -0.25) is 4.57 Å². The van der Waals surface area contributed by atoms with Gasteiger partial charge in [-0.05, 0) is 32.8 Å². The summed E-state index contributed by atoms with van der Waals surface area (Å²) in [5, 5.41) is 18.0. The monoisotopic (exact) mass is 533 g/mol. The largest absolute Gasteiger partial charge is 0.394 e. The maximum atomic E-state index is 9.98. The van der Waals surface area contributed by atoms with Crippen LogP contribution in [-0.4, -0.2) is 84.4 Å². The third-order valence-electron chi connectivity index (χ3n) is 7.43. The van der Waals surface area contributed by atoms with Crippen LogP contribution in [0.3, 0.4) is 0 Å². The minimum absolute atomic E-state index is 0.111. The first kappa shape index (κ1) is 24.6. The Bertz CT molecular complexity index is 1490. The van der Waals surface area contributed by atoms with Crippen LogP contribution in [0.4, 0.5) is 5.82 Å². The first-order chi connectivity index (χ1) is 18.9. The van der Waals surface area contributed by atoms with Crippen molar-refractivity contribution in [1.29, 1.82) is 0 Å². The number of benzene rings is 1. The van der Waals surface area contributed by atoms with E-state index >= 15 is 0 Å². The Hall–Kier alpha value is -3.42. The summed E-state index contributed by atoms with van der Waals surface area (Å²) in [6.45, 7) is 6.88. The van der Waals surface area contributed by atoms with E-state index in [2.05, 4.69) is 46.6 Å². The lowest BCUT2D eigenvalue weighted by Gasteiger charge is -2.24. The zero-order valence-electron chi connectivity index (χ0n) is 22.0. The molecule has 3 saturated heterocycles. The Kier molecular flexibility index (Phi) is 5.90. The number of anilines is 1. The van der Waals surface area contributed by atoms with Crippen molar-refractivity contribution in [2.75, 3.05) is 25.1 Å². The van der Waals surface area contributed by atoms with E-state index in [1.54, 1.807) is 17.2 Å². The van der Waals surface area contributed by atoms with Crippen molar-refractivity contribution >= 4 is 17.0 Å². The molecule has 12 nitrogen and oxygen atoms in total. The first-order valence-corrected chi connectivity index (χ1v) is 13.2. The maximum Gasteiger partial charge on any atom is 0.254 e. The number of hydrogen-bond acceptors (Lipinski definition) is 10. The van der Waals surface area contributed by atoms with Crippen molar-refractivity contribution in [2.45, 2.75) is 63.6 Å². The van der Waals surface area contributed by atoms with Crippen LogP contribution >= 0.6 is 0 Å². The number of nitrogens with one attached hydrogen (secondary N) is 1. The third-order valence-corrected chi connectivity index (χ3v) is 7.43. The summed E-state index contributed by atoms with van der Waals surface area (Å²) in [7, 11) is 0. The molecule has 204 valence electrons. The zero-order chi connectivity index (χ0) is 26.7. The van der Waals surface area contributed by atoms with Gasteiger partial charge in [-0.1, -0.05) is 29.8 Å². The van der Waals surface area contributed by atoms with Crippen LogP contribution in [0.5, 0.6) is 0 Å². The molecule has 3 aromatic heterocycles. The predicted octanol–water partition coefficient (Wildman–Crippen LogP) is 2.60. The number of nitrogens with zero attached hydrogens (tertiary/aromatic N) is 6. The van der Waals surface area contributed by atoms with Gasteiger partial charge in [0.15, 0.2) is 29.0 Å². The molecule has 0 spiro atoms. The number of aryl methyl sites for hydroxylation is 1. The normalized spacial score (nSPS) is 27.8. The topological polar surface area (TPSA) is 131 Å². The second kappa shape index (κ2) is 9.35. The molecule has 0 radical (unpaired) electrons. The van der Waals surface area contributed by atoms with E-state index in [0.717, 1.165) is 17.5 Å². The minimum atomic E-state index is -0.794. The fraction of sp³-hybridized carbons (Fsp3) is 0.481. The number of ether oxygens (including phenoxy) is 4. The van der Waals surface area contributed by atoms with Gasteiger partial charge in [-0.15, -0.1) is 0 Å². The van der Waals surface area contributed by atoms with E-state index in [9.17, 15) is 5.11 Å². The van der Waals surface area contributed by atoms with Gasteiger partial charge in [-0.25, -0.2) is 9.67 Å². The van der Waals surface area contributed by atoms with Crippen LogP contribution in [-0.2, 0) is 18.9 Å². The Morgan fingerprint density at radius 2 is 1.92 bits per heavy atom. The van der Waals surface area contributed by atoms with Gasteiger partial charge in [0.05, 0.1) is 31.8 Å². The fourth-order valence-corrected chi connectivity index (χ4v) is 5.49. The third kappa shape index (κ3) is 4.38. The number of rotatable bonds is 6. The molecule has 5 atom stereocenters. The highest BCUT2D eigenvalue weighted by Crippen LogP contribution is 2.44. The highest BCUT2D eigenvalue weighted by molar-refractivity contribution is 5.84. The van der Waals surface area contributed by atoms with Gasteiger partial charge in [-0.2, -0.15) is 15.1 Å². The predicted molar refractivity (Wildman–Crippen MR) is 140 cm³/mol. The van der Waals surface area contributed by atoms with E-state index in [1.165, 1.54) is 5.56 Å². The molecule has 3 aliphatic heterocycles. The SMILES string of the molecule is Cc1ccc(-c2cnn(-c3nc(NC4CCOC4)c4ncn([C@@H]5O[C@H](CO)[C@H]6OC(C)(C)O[C@H]65)c4n3)c2)cc1. The number of fused-ring (bicyclic) bond motifs is 2. The van der Waals surface area contributed by atoms with Crippen LogP contribution in [0.2, 0.25) is 0 Å². The van der Waals surface area contributed by atoms with E-state index in [1.807, 2.05) is 24.6 Å². The molecule has 7 rings (SSSR count). The van der Waals surface area contributed by atoms with Crippen molar-refractivity contribution in [3.05, 3.63) is 48.5 Å². The molecule has 39 heavy (non-hydrogen) atoms. The van der Waals surface area contributed by atoms with E-state index in [0.29, 0.717) is 36.1 Å². The summed E-state index contributed by atoms with van der Waals surface area (Å²) in [4.78, 5) is 14.4. The molecule has 0 saturated carbocycles. The number of aliphatic hydroxyl groups is 1. The summed E-state index contributed by atoms with van der Waals surface area (Å²) < 4.78 is 27.5. The second-order valence-electron chi connectivity index (χ2n) is 10.8. The van der Waals surface area contributed by atoms with Crippen molar-refractivity contribution in [1.82, 2.24) is 29.3 Å². The van der Waals surface area contributed by atoms with Gasteiger partial charge in [0.25, 0.3) is 5.95 Å². The lowest BCUT2D eigenvalue weighted by atomic mass is 10.1. The van der Waals surface area contributed by atoms with Crippen molar-refractivity contribution in [2.24, 2.45) is 0 Å². The molecular weight excluding hydrogens is 502 g/mol. The fourth-order valence-electron chi connectivity index (χ4n) is 5.49. The van der Waals surface area contributed by atoms with Crippen molar-refractivity contribution in [3.63, 3.8) is 0 Å². The summed E-state index contributed by atoms with van der Waals surface area (Å²) in [5.41, 5.74) is 4.37. The van der Waals surface area contributed by atoms with Crippen LogP contribution < -0.4 is 5.32 Å². The van der Waals surface area contributed by atoms with Gasteiger partial charge in [0.2, 0.25) is 0 Å². The molecule has 6 heterocycles. The average molecular weight is 534 g/mol. The molecule has 4 aromatic rings. The van der Waals surface area contributed by atoms with Crippen molar-refractivity contribution in [3.8, 4) is 17.1 Å². The smallest absolute Gasteiger partial charge is 0.254 e. The molecule has 0 bridgehead atoms. The number of aliphatic hydroxyl groups excluding tert-OH is 1. The highest BCUT2D eigenvalue weighted by Gasteiger charge is 2.56. The Labute approximate surface area is 224 Å². The summed E-state index contributed by atoms with van der Waals surface area (Å²) in [6, 6.07) is 8.40. The summed E-state index contributed by atoms with van der Waals surface area (Å²) in [6.07, 6.45) is 4.29. The number of imidazole rings is 1. The first-order valence-electron chi connectivity index (χ1n) is 13.2. The molecule has 3 aliphatic rings. The molecule has 3 fully saturated rings. The Morgan fingerprint density at radius 1 is 1.10 bits per heavy atom. The Balaban J connectivity index is 1.31. The standard InChI is InChI=1S/C27H31N7O5/c1-15-4-6-16(7-5-15)17-10-29-34(11-17)26-31-23(30-18-8-9-36-13-18)20-24(32-26)33(14-28-20)25-22-21(19(12-35)37-25)38-27(2,3)39-22/h4-7,10-11,14,18-19,21-22,25,35H,8-9,12-13H2,1-3H3,(H,30,31,32)/t18?,19-,21-,22-,25-/m1/s1. The van der Waals surface area contributed by atoms with E-state index in [-0.39, 0.29) is 12.6 Å². The van der Waals surface area contributed by atoms with Crippen LogP contribution in [0.25, 0.3) is 28.2 Å². The minimum Gasteiger partial charge on any atom is -0.394 e. The van der Waals surface area contributed by atoms with Crippen molar-refractivity contribution < 1.29 is 24.1 Å². The van der Waals surface area contributed by atoms with Gasteiger partial charge in [0, 0.05) is 18.4 Å². The molecule has 1 aromatic carbocycles. The van der Waals surface area contributed by atoms with E-state index < -0.39 is 30.3 Å². The molecule has 12 heteroatoms. The molecule has 1 unspecified atom stereocenters. The van der Waals surface area contributed by atoms with Gasteiger partial charge in [0.1, 0.15) is 18.3 Å². The van der Waals surface area contributed by atoms with Gasteiger partial charge < -0.3 is 29.4 Å². The zero-order valence-corrected chi connectivity index (χ0v) is 22.0. The summed E-state index contributed by atoms with van der Waals surface area (Å²) >= 11 is 0. The lowest BCUT2D eigenvalue weighted by molar-refractivity contribution is -0.199. The Morgan fingerprint density at radius 3 is 2.69 bits per heavy atom. The molecule has 0 amide bonds. The number of aromatic nitrogens is 6.